The molecular formula is C8H10Cl2S. The average molecular weight is 209 g/mol. The van der Waals surface area contributed by atoms with Gasteiger partial charge in [0.1, 0.15) is 0 Å². The van der Waals surface area contributed by atoms with E-state index in [0.717, 1.165) is 14.2 Å². The second-order valence-electron chi connectivity index (χ2n) is 3.49. The van der Waals surface area contributed by atoms with Crippen molar-refractivity contribution < 1.29 is 0 Å². The van der Waals surface area contributed by atoms with E-state index in [9.17, 15) is 0 Å². The Labute approximate surface area is 81.1 Å². The van der Waals surface area contributed by atoms with Gasteiger partial charge in [-0.2, -0.15) is 0 Å². The molecule has 1 aromatic heterocycles. The van der Waals surface area contributed by atoms with E-state index >= 15 is 0 Å². The Morgan fingerprint density at radius 2 is 1.82 bits per heavy atom. The molecule has 1 heterocycles. The van der Waals surface area contributed by atoms with E-state index in [4.69, 9.17) is 23.2 Å². The molecule has 0 radical (unpaired) electrons. The highest BCUT2D eigenvalue weighted by Crippen LogP contribution is 2.38. The van der Waals surface area contributed by atoms with Crippen molar-refractivity contribution in [2.45, 2.75) is 26.2 Å². The number of hydrogen-bond acceptors (Lipinski definition) is 1. The summed E-state index contributed by atoms with van der Waals surface area (Å²) < 4.78 is 1.57. The molecule has 0 spiro atoms. The fourth-order valence-electron chi connectivity index (χ4n) is 0.852. The molecule has 3 heteroatoms. The van der Waals surface area contributed by atoms with Crippen molar-refractivity contribution in [2.75, 3.05) is 0 Å². The van der Waals surface area contributed by atoms with E-state index in [2.05, 4.69) is 20.8 Å². The Morgan fingerprint density at radius 1 is 1.27 bits per heavy atom. The molecule has 11 heavy (non-hydrogen) atoms. The normalized spacial score (nSPS) is 12.1. The first-order valence-electron chi connectivity index (χ1n) is 3.36. The van der Waals surface area contributed by atoms with Gasteiger partial charge in [-0.05, 0) is 17.0 Å². The molecule has 0 saturated carbocycles. The first-order chi connectivity index (χ1) is 4.91. The van der Waals surface area contributed by atoms with Gasteiger partial charge in [0.15, 0.2) is 0 Å². The van der Waals surface area contributed by atoms with Crippen molar-refractivity contribution in [3.05, 3.63) is 20.3 Å². The summed E-state index contributed by atoms with van der Waals surface area (Å²) in [5, 5.41) is 0. The second kappa shape index (κ2) is 2.96. The molecule has 0 amide bonds. The van der Waals surface area contributed by atoms with Gasteiger partial charge in [0.05, 0.1) is 8.67 Å². The standard InChI is InChI=1S/C8H10Cl2S/c1-8(2,3)5-4-6(9)11-7(5)10/h4H,1-3H3. The third-order valence-electron chi connectivity index (χ3n) is 1.46. The highest BCUT2D eigenvalue weighted by atomic mass is 35.5. The Hall–Kier alpha value is 0.280. The van der Waals surface area contributed by atoms with Crippen LogP contribution in [0.3, 0.4) is 0 Å². The third-order valence-corrected chi connectivity index (χ3v) is 2.95. The predicted molar refractivity (Wildman–Crippen MR) is 53.0 cm³/mol. The maximum absolute atomic E-state index is 5.96. The van der Waals surface area contributed by atoms with Gasteiger partial charge >= 0.3 is 0 Å². The van der Waals surface area contributed by atoms with E-state index < -0.39 is 0 Å². The lowest BCUT2D eigenvalue weighted by Crippen LogP contribution is -2.09. The predicted octanol–water partition coefficient (Wildman–Crippen LogP) is 4.35. The maximum Gasteiger partial charge on any atom is 0.0981 e. The summed E-state index contributed by atoms with van der Waals surface area (Å²) in [6.07, 6.45) is 0. The summed E-state index contributed by atoms with van der Waals surface area (Å²) in [6, 6.07) is 1.94. The summed E-state index contributed by atoms with van der Waals surface area (Å²) in [5.74, 6) is 0. The molecule has 0 saturated heterocycles. The number of halogens is 2. The van der Waals surface area contributed by atoms with Gasteiger partial charge in [0.25, 0.3) is 0 Å². The Kier molecular flexibility index (Phi) is 2.53. The van der Waals surface area contributed by atoms with Crippen molar-refractivity contribution in [1.29, 1.82) is 0 Å². The molecule has 0 nitrogen and oxygen atoms in total. The minimum absolute atomic E-state index is 0.0979. The highest BCUT2D eigenvalue weighted by Gasteiger charge is 2.19. The van der Waals surface area contributed by atoms with Gasteiger partial charge in [-0.3, -0.25) is 0 Å². The van der Waals surface area contributed by atoms with Gasteiger partial charge in [-0.1, -0.05) is 44.0 Å². The van der Waals surface area contributed by atoms with Crippen LogP contribution in [0.15, 0.2) is 6.07 Å². The monoisotopic (exact) mass is 208 g/mol. The van der Waals surface area contributed by atoms with Gasteiger partial charge in [-0.15, -0.1) is 11.3 Å². The van der Waals surface area contributed by atoms with Crippen LogP contribution >= 0.6 is 34.5 Å². The zero-order valence-electron chi connectivity index (χ0n) is 6.74. The zero-order chi connectivity index (χ0) is 8.65. The first-order valence-corrected chi connectivity index (χ1v) is 4.94. The molecule has 1 aromatic rings. The van der Waals surface area contributed by atoms with Gasteiger partial charge < -0.3 is 0 Å². The summed E-state index contributed by atoms with van der Waals surface area (Å²) in [4.78, 5) is 0. The van der Waals surface area contributed by atoms with Crippen molar-refractivity contribution in [2.24, 2.45) is 0 Å². The molecule has 0 fully saturated rings. The van der Waals surface area contributed by atoms with Gasteiger partial charge in [0.2, 0.25) is 0 Å². The molecule has 0 aliphatic carbocycles. The average Bonchev–Trinajstić information content (AvgIpc) is 2.08. The topological polar surface area (TPSA) is 0 Å². The van der Waals surface area contributed by atoms with Crippen LogP contribution < -0.4 is 0 Å². The maximum atomic E-state index is 5.96. The molecule has 0 aromatic carbocycles. The van der Waals surface area contributed by atoms with E-state index in [1.54, 1.807) is 0 Å². The SMILES string of the molecule is CC(C)(C)c1cc(Cl)sc1Cl. The summed E-state index contributed by atoms with van der Waals surface area (Å²) >= 11 is 13.2. The van der Waals surface area contributed by atoms with Crippen LogP contribution in [-0.4, -0.2) is 0 Å². The van der Waals surface area contributed by atoms with Gasteiger partial charge in [-0.25, -0.2) is 0 Å². The van der Waals surface area contributed by atoms with E-state index in [0.29, 0.717) is 0 Å². The smallest absolute Gasteiger partial charge is 0.0981 e. The Bertz CT molecular complexity index is 258. The molecule has 0 bridgehead atoms. The van der Waals surface area contributed by atoms with Crippen LogP contribution in [0, 0.1) is 0 Å². The number of thiophene rings is 1. The van der Waals surface area contributed by atoms with E-state index in [1.807, 2.05) is 6.07 Å². The molecule has 1 rings (SSSR count). The van der Waals surface area contributed by atoms with Crippen LogP contribution in [0.4, 0.5) is 0 Å². The van der Waals surface area contributed by atoms with E-state index in [1.165, 1.54) is 11.3 Å². The molecule has 0 aliphatic heterocycles. The first kappa shape index (κ1) is 9.37. The van der Waals surface area contributed by atoms with Crippen molar-refractivity contribution in [3.63, 3.8) is 0 Å². The summed E-state index contributed by atoms with van der Waals surface area (Å²) in [6.45, 7) is 6.37. The summed E-state index contributed by atoms with van der Waals surface area (Å²) in [5.41, 5.74) is 1.23. The molecular weight excluding hydrogens is 199 g/mol. The quantitative estimate of drug-likeness (QED) is 0.595. The lowest BCUT2D eigenvalue weighted by molar-refractivity contribution is 0.593. The fraction of sp³-hybridized carbons (Fsp3) is 0.500. The van der Waals surface area contributed by atoms with Crippen molar-refractivity contribution in [1.82, 2.24) is 0 Å². The van der Waals surface area contributed by atoms with Crippen LogP contribution in [0.1, 0.15) is 26.3 Å². The minimum atomic E-state index is 0.0979. The molecule has 0 aliphatic rings. The van der Waals surface area contributed by atoms with Crippen LogP contribution in [0.25, 0.3) is 0 Å². The third kappa shape index (κ3) is 2.11. The fourth-order valence-corrected chi connectivity index (χ4v) is 2.72. The summed E-state index contributed by atoms with van der Waals surface area (Å²) in [7, 11) is 0. The van der Waals surface area contributed by atoms with Crippen molar-refractivity contribution in [3.8, 4) is 0 Å². The van der Waals surface area contributed by atoms with Crippen LogP contribution in [-0.2, 0) is 5.41 Å². The van der Waals surface area contributed by atoms with Crippen LogP contribution in [0.5, 0.6) is 0 Å². The molecule has 0 unspecified atom stereocenters. The molecule has 0 N–H and O–H groups in total. The number of hydrogen-bond donors (Lipinski definition) is 0. The van der Waals surface area contributed by atoms with Crippen LogP contribution in [0.2, 0.25) is 8.67 Å². The Morgan fingerprint density at radius 3 is 2.00 bits per heavy atom. The number of rotatable bonds is 0. The second-order valence-corrected chi connectivity index (χ2v) is 5.77. The van der Waals surface area contributed by atoms with Gasteiger partial charge in [0, 0.05) is 0 Å². The lowest BCUT2D eigenvalue weighted by Gasteiger charge is -2.16. The lowest BCUT2D eigenvalue weighted by atomic mass is 9.89. The Balaban J connectivity index is 3.13. The highest BCUT2D eigenvalue weighted by molar-refractivity contribution is 7.20. The van der Waals surface area contributed by atoms with E-state index in [-0.39, 0.29) is 5.41 Å². The largest absolute Gasteiger partial charge is 0.111 e. The molecule has 0 atom stereocenters. The zero-order valence-corrected chi connectivity index (χ0v) is 9.07. The molecule has 62 valence electrons. The van der Waals surface area contributed by atoms with Crippen molar-refractivity contribution >= 4 is 34.5 Å². The minimum Gasteiger partial charge on any atom is -0.111 e.